The van der Waals surface area contributed by atoms with Gasteiger partial charge in [-0.05, 0) is 13.8 Å². The zero-order chi connectivity index (χ0) is 10.6. The van der Waals surface area contributed by atoms with Crippen LogP contribution < -0.4 is 5.56 Å². The van der Waals surface area contributed by atoms with E-state index in [2.05, 4.69) is 9.97 Å². The van der Waals surface area contributed by atoms with E-state index in [1.54, 1.807) is 4.90 Å². The summed E-state index contributed by atoms with van der Waals surface area (Å²) in [6.45, 7) is 4.91. The molecule has 0 unspecified atom stereocenters. The number of amides is 1. The van der Waals surface area contributed by atoms with Gasteiger partial charge in [0.15, 0.2) is 0 Å². The molecule has 1 aromatic rings. The van der Waals surface area contributed by atoms with Crippen LogP contribution in [0, 0.1) is 0 Å². The lowest BCUT2D eigenvalue weighted by atomic mass is 10.3. The van der Waals surface area contributed by atoms with Crippen molar-refractivity contribution in [1.82, 2.24) is 14.9 Å². The number of hydrogen-bond donors (Lipinski definition) is 1. The summed E-state index contributed by atoms with van der Waals surface area (Å²) in [5.41, 5.74) is -0.298. The highest BCUT2D eigenvalue weighted by atomic mass is 16.2. The quantitative estimate of drug-likeness (QED) is 0.751. The van der Waals surface area contributed by atoms with Gasteiger partial charge in [0, 0.05) is 19.3 Å². The molecule has 0 aliphatic carbocycles. The van der Waals surface area contributed by atoms with Gasteiger partial charge in [0.2, 0.25) is 0 Å². The Morgan fingerprint density at radius 3 is 2.64 bits per heavy atom. The van der Waals surface area contributed by atoms with Crippen LogP contribution in [0.4, 0.5) is 0 Å². The second kappa shape index (κ2) is 4.55. The number of carbonyl (C=O) groups excluding carboxylic acids is 1. The minimum atomic E-state index is -0.392. The van der Waals surface area contributed by atoms with E-state index in [4.69, 9.17) is 0 Å². The fourth-order valence-electron chi connectivity index (χ4n) is 1.18. The van der Waals surface area contributed by atoms with Crippen molar-refractivity contribution in [3.63, 3.8) is 0 Å². The first-order valence-corrected chi connectivity index (χ1v) is 4.52. The summed E-state index contributed by atoms with van der Waals surface area (Å²) < 4.78 is 0. The van der Waals surface area contributed by atoms with Crippen molar-refractivity contribution in [2.24, 2.45) is 0 Å². The minimum absolute atomic E-state index is 0.0937. The average Bonchev–Trinajstić information content (AvgIpc) is 2.20. The van der Waals surface area contributed by atoms with Crippen molar-refractivity contribution in [3.8, 4) is 0 Å². The molecule has 0 bridgehead atoms. The summed E-state index contributed by atoms with van der Waals surface area (Å²) in [6.07, 6.45) is 2.56. The standard InChI is InChI=1S/C9H13N3O2/c1-3-12(4-2)9(14)7-5-10-6-11-8(7)13/h5-6H,3-4H2,1-2H3,(H,10,11,13). The number of aromatic nitrogens is 2. The highest BCUT2D eigenvalue weighted by molar-refractivity contribution is 5.93. The maximum atomic E-state index is 11.7. The molecule has 5 nitrogen and oxygen atoms in total. The van der Waals surface area contributed by atoms with Gasteiger partial charge in [-0.1, -0.05) is 0 Å². The Kier molecular flexibility index (Phi) is 3.39. The molecule has 0 spiro atoms. The Bertz CT molecular complexity index is 368. The lowest BCUT2D eigenvalue weighted by Crippen LogP contribution is -2.34. The molecule has 1 rings (SSSR count). The van der Waals surface area contributed by atoms with Gasteiger partial charge in [0.25, 0.3) is 11.5 Å². The van der Waals surface area contributed by atoms with E-state index in [9.17, 15) is 9.59 Å². The molecule has 0 saturated carbocycles. The van der Waals surface area contributed by atoms with Gasteiger partial charge in [-0.2, -0.15) is 0 Å². The lowest BCUT2D eigenvalue weighted by molar-refractivity contribution is 0.0770. The molecule has 1 amide bonds. The molecule has 0 radical (unpaired) electrons. The second-order valence-corrected chi connectivity index (χ2v) is 2.77. The van der Waals surface area contributed by atoms with Crippen LogP contribution in [0.2, 0.25) is 0 Å². The molecule has 5 heteroatoms. The summed E-state index contributed by atoms with van der Waals surface area (Å²) in [7, 11) is 0. The molecule has 0 aromatic carbocycles. The smallest absolute Gasteiger partial charge is 0.263 e. The third kappa shape index (κ3) is 1.99. The largest absolute Gasteiger partial charge is 0.339 e. The summed E-state index contributed by atoms with van der Waals surface area (Å²) in [5, 5.41) is 0. The number of H-pyrrole nitrogens is 1. The van der Waals surface area contributed by atoms with E-state index in [0.29, 0.717) is 13.1 Å². The van der Waals surface area contributed by atoms with Crippen LogP contribution in [-0.2, 0) is 0 Å². The van der Waals surface area contributed by atoms with Crippen LogP contribution in [0.3, 0.4) is 0 Å². The normalized spacial score (nSPS) is 9.86. The van der Waals surface area contributed by atoms with Gasteiger partial charge in [-0.3, -0.25) is 9.59 Å². The molecule has 0 atom stereocenters. The van der Waals surface area contributed by atoms with Gasteiger partial charge < -0.3 is 9.88 Å². The molecule has 1 heterocycles. The summed E-state index contributed by atoms with van der Waals surface area (Å²) in [4.78, 5) is 30.6. The fourth-order valence-corrected chi connectivity index (χ4v) is 1.18. The minimum Gasteiger partial charge on any atom is -0.339 e. The van der Waals surface area contributed by atoms with Gasteiger partial charge in [-0.15, -0.1) is 0 Å². The molecule has 0 aliphatic heterocycles. The second-order valence-electron chi connectivity index (χ2n) is 2.77. The van der Waals surface area contributed by atoms with E-state index < -0.39 is 5.56 Å². The van der Waals surface area contributed by atoms with Gasteiger partial charge in [0.1, 0.15) is 5.56 Å². The van der Waals surface area contributed by atoms with Gasteiger partial charge in [0.05, 0.1) is 6.33 Å². The first-order valence-electron chi connectivity index (χ1n) is 4.52. The number of nitrogens with one attached hydrogen (secondary N) is 1. The maximum Gasteiger partial charge on any atom is 0.263 e. The van der Waals surface area contributed by atoms with E-state index in [-0.39, 0.29) is 11.5 Å². The van der Waals surface area contributed by atoms with E-state index >= 15 is 0 Å². The molecular formula is C9H13N3O2. The number of nitrogens with zero attached hydrogens (tertiary/aromatic N) is 2. The van der Waals surface area contributed by atoms with Crippen molar-refractivity contribution in [1.29, 1.82) is 0 Å². The molecular weight excluding hydrogens is 182 g/mol. The predicted octanol–water partition coefficient (Wildman–Crippen LogP) is 0.252. The van der Waals surface area contributed by atoms with Crippen LogP contribution in [0.1, 0.15) is 24.2 Å². The van der Waals surface area contributed by atoms with Gasteiger partial charge in [-0.25, -0.2) is 4.98 Å². The van der Waals surface area contributed by atoms with Crippen LogP contribution >= 0.6 is 0 Å². The van der Waals surface area contributed by atoms with Crippen LogP contribution in [-0.4, -0.2) is 33.9 Å². The number of aromatic amines is 1. The zero-order valence-electron chi connectivity index (χ0n) is 8.28. The van der Waals surface area contributed by atoms with Crippen molar-refractivity contribution in [2.75, 3.05) is 13.1 Å². The van der Waals surface area contributed by atoms with Crippen LogP contribution in [0.15, 0.2) is 17.3 Å². The van der Waals surface area contributed by atoms with Crippen LogP contribution in [0.5, 0.6) is 0 Å². The zero-order valence-corrected chi connectivity index (χ0v) is 8.28. The molecule has 0 saturated heterocycles. The Balaban J connectivity index is 3.00. The van der Waals surface area contributed by atoms with Gasteiger partial charge >= 0.3 is 0 Å². The van der Waals surface area contributed by atoms with E-state index in [0.717, 1.165) is 0 Å². The van der Waals surface area contributed by atoms with Crippen molar-refractivity contribution < 1.29 is 4.79 Å². The third-order valence-corrected chi connectivity index (χ3v) is 2.00. The summed E-state index contributed by atoms with van der Waals surface area (Å²) in [6, 6.07) is 0. The summed E-state index contributed by atoms with van der Waals surface area (Å²) >= 11 is 0. The molecule has 14 heavy (non-hydrogen) atoms. The average molecular weight is 195 g/mol. The van der Waals surface area contributed by atoms with Crippen molar-refractivity contribution in [2.45, 2.75) is 13.8 Å². The van der Waals surface area contributed by atoms with Crippen molar-refractivity contribution in [3.05, 3.63) is 28.4 Å². The van der Waals surface area contributed by atoms with Crippen LogP contribution in [0.25, 0.3) is 0 Å². The summed E-state index contributed by atoms with van der Waals surface area (Å²) in [5.74, 6) is -0.274. The molecule has 0 fully saturated rings. The first kappa shape index (κ1) is 10.4. The molecule has 0 aliphatic rings. The topological polar surface area (TPSA) is 66.1 Å². The third-order valence-electron chi connectivity index (χ3n) is 2.00. The van der Waals surface area contributed by atoms with E-state index in [1.807, 2.05) is 13.8 Å². The Morgan fingerprint density at radius 2 is 2.14 bits per heavy atom. The molecule has 1 N–H and O–H groups in total. The van der Waals surface area contributed by atoms with Crippen molar-refractivity contribution >= 4 is 5.91 Å². The molecule has 76 valence electrons. The predicted molar refractivity (Wildman–Crippen MR) is 52.1 cm³/mol. The molecule has 1 aromatic heterocycles. The van der Waals surface area contributed by atoms with E-state index in [1.165, 1.54) is 12.5 Å². The monoisotopic (exact) mass is 195 g/mol. The lowest BCUT2D eigenvalue weighted by Gasteiger charge is -2.17. The highest BCUT2D eigenvalue weighted by Gasteiger charge is 2.15. The number of carbonyl (C=O) groups is 1. The maximum absolute atomic E-state index is 11.7. The SMILES string of the molecule is CCN(CC)C(=O)c1cnc[nH]c1=O. The first-order chi connectivity index (χ1) is 6.70. The number of rotatable bonds is 3. The number of hydrogen-bond acceptors (Lipinski definition) is 3. The fraction of sp³-hybridized carbons (Fsp3) is 0.444. The Morgan fingerprint density at radius 1 is 1.50 bits per heavy atom. The highest BCUT2D eigenvalue weighted by Crippen LogP contribution is 1.96. The Hall–Kier alpha value is -1.65. The Labute approximate surface area is 81.8 Å².